The molecule has 0 saturated carbocycles. The van der Waals surface area contributed by atoms with Gasteiger partial charge in [0.25, 0.3) is 0 Å². The van der Waals surface area contributed by atoms with Gasteiger partial charge in [0.15, 0.2) is 0 Å². The average Bonchev–Trinajstić information content (AvgIpc) is 2.48. The zero-order valence-electron chi connectivity index (χ0n) is 10.9. The Balaban J connectivity index is 2.60. The third kappa shape index (κ3) is 3.61. The van der Waals surface area contributed by atoms with Crippen LogP contribution >= 0.6 is 0 Å². The molecule has 1 N–H and O–H groups in total. The van der Waals surface area contributed by atoms with Crippen LogP contribution in [-0.2, 0) is 6.54 Å². The van der Waals surface area contributed by atoms with Crippen LogP contribution in [0, 0.1) is 12.3 Å². The van der Waals surface area contributed by atoms with Crippen molar-refractivity contribution in [2.45, 2.75) is 33.4 Å². The standard InChI is InChI=1S/C12H23N3O/c1-10-6-7-15(13-10)8-11(16)12(2,3)9-14(4)5/h6-7,11,16H,8-9H2,1-5H3/t11-/m1/s1. The normalized spacial score (nSPS) is 14.4. The first-order valence-electron chi connectivity index (χ1n) is 5.64. The molecule has 0 aliphatic rings. The maximum Gasteiger partial charge on any atom is 0.0799 e. The second-order valence-corrected chi connectivity index (χ2v) is 5.42. The summed E-state index contributed by atoms with van der Waals surface area (Å²) in [4.78, 5) is 2.09. The highest BCUT2D eigenvalue weighted by Crippen LogP contribution is 2.22. The molecule has 0 aromatic carbocycles. The van der Waals surface area contributed by atoms with E-state index in [0.29, 0.717) is 6.54 Å². The minimum atomic E-state index is -0.394. The SMILES string of the molecule is Cc1ccn(C[C@@H](O)C(C)(C)CN(C)C)n1. The quantitative estimate of drug-likeness (QED) is 0.817. The van der Waals surface area contributed by atoms with Crippen molar-refractivity contribution in [1.29, 1.82) is 0 Å². The van der Waals surface area contributed by atoms with Crippen LogP contribution in [0.4, 0.5) is 0 Å². The van der Waals surface area contributed by atoms with E-state index >= 15 is 0 Å². The Morgan fingerprint density at radius 3 is 2.56 bits per heavy atom. The lowest BCUT2D eigenvalue weighted by molar-refractivity contribution is 0.0171. The fourth-order valence-electron chi connectivity index (χ4n) is 1.91. The molecule has 0 amide bonds. The number of nitrogens with zero attached hydrogens (tertiary/aromatic N) is 3. The monoisotopic (exact) mass is 225 g/mol. The Morgan fingerprint density at radius 1 is 1.50 bits per heavy atom. The van der Waals surface area contributed by atoms with Gasteiger partial charge in [-0.3, -0.25) is 4.68 Å². The number of rotatable bonds is 5. The summed E-state index contributed by atoms with van der Waals surface area (Å²) in [5.74, 6) is 0. The molecule has 16 heavy (non-hydrogen) atoms. The number of hydrogen-bond donors (Lipinski definition) is 1. The fraction of sp³-hybridized carbons (Fsp3) is 0.750. The van der Waals surface area contributed by atoms with Crippen molar-refractivity contribution in [2.24, 2.45) is 5.41 Å². The molecule has 4 nitrogen and oxygen atoms in total. The number of aromatic nitrogens is 2. The van der Waals surface area contributed by atoms with Crippen LogP contribution < -0.4 is 0 Å². The predicted molar refractivity (Wildman–Crippen MR) is 65.3 cm³/mol. The van der Waals surface area contributed by atoms with E-state index in [1.165, 1.54) is 0 Å². The molecule has 92 valence electrons. The molecule has 0 unspecified atom stereocenters. The maximum absolute atomic E-state index is 10.2. The molecule has 0 spiro atoms. The Labute approximate surface area is 97.9 Å². The van der Waals surface area contributed by atoms with Crippen LogP contribution in [-0.4, -0.2) is 46.5 Å². The average molecular weight is 225 g/mol. The van der Waals surface area contributed by atoms with Gasteiger partial charge in [-0.15, -0.1) is 0 Å². The summed E-state index contributed by atoms with van der Waals surface area (Å²) >= 11 is 0. The lowest BCUT2D eigenvalue weighted by atomic mass is 9.86. The summed E-state index contributed by atoms with van der Waals surface area (Å²) in [6, 6.07) is 1.95. The van der Waals surface area contributed by atoms with E-state index in [0.717, 1.165) is 12.2 Å². The van der Waals surface area contributed by atoms with Crippen molar-refractivity contribution >= 4 is 0 Å². The largest absolute Gasteiger partial charge is 0.391 e. The minimum Gasteiger partial charge on any atom is -0.391 e. The van der Waals surface area contributed by atoms with Gasteiger partial charge in [-0.05, 0) is 27.1 Å². The third-order valence-corrected chi connectivity index (χ3v) is 2.76. The molecule has 1 atom stereocenters. The van der Waals surface area contributed by atoms with E-state index in [4.69, 9.17) is 0 Å². The number of aliphatic hydroxyl groups excluding tert-OH is 1. The van der Waals surface area contributed by atoms with Gasteiger partial charge in [0.1, 0.15) is 0 Å². The minimum absolute atomic E-state index is 0.136. The third-order valence-electron chi connectivity index (χ3n) is 2.76. The van der Waals surface area contributed by atoms with E-state index < -0.39 is 6.10 Å². The smallest absolute Gasteiger partial charge is 0.0799 e. The van der Waals surface area contributed by atoms with Crippen molar-refractivity contribution in [3.8, 4) is 0 Å². The van der Waals surface area contributed by atoms with Crippen molar-refractivity contribution in [1.82, 2.24) is 14.7 Å². The highest BCUT2D eigenvalue weighted by molar-refractivity contribution is 4.95. The van der Waals surface area contributed by atoms with Gasteiger partial charge < -0.3 is 10.0 Å². The van der Waals surface area contributed by atoms with Gasteiger partial charge in [0.05, 0.1) is 18.3 Å². The number of hydrogen-bond acceptors (Lipinski definition) is 3. The van der Waals surface area contributed by atoms with E-state index in [1.54, 1.807) is 4.68 Å². The zero-order chi connectivity index (χ0) is 12.3. The molecule has 1 aromatic rings. The molecule has 0 radical (unpaired) electrons. The van der Waals surface area contributed by atoms with Gasteiger partial charge in [-0.2, -0.15) is 5.10 Å². The Morgan fingerprint density at radius 2 is 2.12 bits per heavy atom. The van der Waals surface area contributed by atoms with Crippen molar-refractivity contribution in [2.75, 3.05) is 20.6 Å². The molecule has 1 aromatic heterocycles. The van der Waals surface area contributed by atoms with Crippen molar-refractivity contribution in [3.05, 3.63) is 18.0 Å². The van der Waals surface area contributed by atoms with Gasteiger partial charge in [0.2, 0.25) is 0 Å². The van der Waals surface area contributed by atoms with Crippen LogP contribution in [0.2, 0.25) is 0 Å². The highest BCUT2D eigenvalue weighted by Gasteiger charge is 2.28. The molecule has 1 rings (SSSR count). The summed E-state index contributed by atoms with van der Waals surface area (Å²) in [6.45, 7) is 7.51. The topological polar surface area (TPSA) is 41.3 Å². The number of aryl methyl sites for hydroxylation is 1. The zero-order valence-corrected chi connectivity index (χ0v) is 10.9. The summed E-state index contributed by atoms with van der Waals surface area (Å²) in [6.07, 6.45) is 1.51. The fourth-order valence-corrected chi connectivity index (χ4v) is 1.91. The van der Waals surface area contributed by atoms with Crippen LogP contribution in [0.1, 0.15) is 19.5 Å². The Kier molecular flexibility index (Phi) is 4.10. The molecule has 0 aliphatic carbocycles. The lowest BCUT2D eigenvalue weighted by Gasteiger charge is -2.33. The Bertz CT molecular complexity index is 331. The molecule has 0 saturated heterocycles. The van der Waals surface area contributed by atoms with Crippen LogP contribution in [0.5, 0.6) is 0 Å². The molecular weight excluding hydrogens is 202 g/mol. The second-order valence-electron chi connectivity index (χ2n) is 5.42. The molecule has 4 heteroatoms. The molecule has 0 fully saturated rings. The Hall–Kier alpha value is -0.870. The van der Waals surface area contributed by atoms with Crippen molar-refractivity contribution in [3.63, 3.8) is 0 Å². The summed E-state index contributed by atoms with van der Waals surface area (Å²) in [5.41, 5.74) is 0.848. The van der Waals surface area contributed by atoms with E-state index in [1.807, 2.05) is 33.3 Å². The van der Waals surface area contributed by atoms with Gasteiger partial charge in [-0.1, -0.05) is 13.8 Å². The van der Waals surface area contributed by atoms with Crippen molar-refractivity contribution < 1.29 is 5.11 Å². The molecular formula is C12H23N3O. The first-order chi connectivity index (χ1) is 7.31. The summed E-state index contributed by atoms with van der Waals surface area (Å²) in [7, 11) is 4.04. The molecule has 0 aliphatic heterocycles. The molecule has 0 bridgehead atoms. The van der Waals surface area contributed by atoms with Gasteiger partial charge in [0, 0.05) is 18.2 Å². The van der Waals surface area contributed by atoms with Crippen LogP contribution in [0.15, 0.2) is 12.3 Å². The highest BCUT2D eigenvalue weighted by atomic mass is 16.3. The number of aliphatic hydroxyl groups is 1. The first kappa shape index (κ1) is 13.2. The predicted octanol–water partition coefficient (Wildman–Crippen LogP) is 1.14. The second kappa shape index (κ2) is 4.97. The summed E-state index contributed by atoms with van der Waals surface area (Å²) in [5, 5.41) is 14.5. The van der Waals surface area contributed by atoms with Crippen LogP contribution in [0.25, 0.3) is 0 Å². The molecule has 1 heterocycles. The first-order valence-corrected chi connectivity index (χ1v) is 5.64. The van der Waals surface area contributed by atoms with E-state index in [-0.39, 0.29) is 5.41 Å². The summed E-state index contributed by atoms with van der Waals surface area (Å²) < 4.78 is 1.80. The van der Waals surface area contributed by atoms with E-state index in [2.05, 4.69) is 23.8 Å². The lowest BCUT2D eigenvalue weighted by Crippen LogP contribution is -2.41. The van der Waals surface area contributed by atoms with Gasteiger partial charge in [-0.25, -0.2) is 0 Å². The van der Waals surface area contributed by atoms with Gasteiger partial charge >= 0.3 is 0 Å². The van der Waals surface area contributed by atoms with E-state index in [9.17, 15) is 5.11 Å². The van der Waals surface area contributed by atoms with Crippen LogP contribution in [0.3, 0.4) is 0 Å². The maximum atomic E-state index is 10.2.